The highest BCUT2D eigenvalue weighted by Crippen LogP contribution is 2.46. The topological polar surface area (TPSA) is 102 Å². The highest BCUT2D eigenvalue weighted by Gasteiger charge is 2.34. The number of nitrogens with two attached hydrogens (primary N) is 1. The second-order valence-electron chi connectivity index (χ2n) is 9.75. The van der Waals surface area contributed by atoms with E-state index in [2.05, 4.69) is 27.1 Å². The summed E-state index contributed by atoms with van der Waals surface area (Å²) in [4.78, 5) is 20.7. The predicted octanol–water partition coefficient (Wildman–Crippen LogP) is 4.25. The maximum absolute atomic E-state index is 14.6. The Kier molecular flexibility index (Phi) is 5.51. The second-order valence-corrected chi connectivity index (χ2v) is 9.75. The van der Waals surface area contributed by atoms with Gasteiger partial charge in [0.15, 0.2) is 5.75 Å². The van der Waals surface area contributed by atoms with Crippen LogP contribution in [0.1, 0.15) is 55.6 Å². The molecule has 9 heteroatoms. The van der Waals surface area contributed by atoms with Gasteiger partial charge in [0, 0.05) is 49.8 Å². The first-order chi connectivity index (χ1) is 17.0. The number of nitrogens with one attached hydrogen (secondary N) is 1. The fraction of sp³-hybridized carbons (Fsp3) is 0.462. The first-order valence-corrected chi connectivity index (χ1v) is 12.5. The molecule has 2 saturated carbocycles. The molecule has 0 aliphatic heterocycles. The van der Waals surface area contributed by atoms with Crippen LogP contribution in [0.5, 0.6) is 11.8 Å². The van der Waals surface area contributed by atoms with E-state index in [4.69, 9.17) is 20.4 Å². The number of nitrogens with zero attached hydrogens (tertiary/aromatic N) is 5. The molecule has 182 valence electrons. The van der Waals surface area contributed by atoms with E-state index in [0.717, 1.165) is 78.5 Å². The number of fused-ring (bicyclic) bond motifs is 3. The van der Waals surface area contributed by atoms with E-state index in [0.29, 0.717) is 24.0 Å². The summed E-state index contributed by atoms with van der Waals surface area (Å²) in [6.07, 6.45) is 8.39. The normalized spacial score (nSPS) is 20.1. The van der Waals surface area contributed by atoms with Gasteiger partial charge in [-0.3, -0.25) is 0 Å². The Bertz CT molecular complexity index is 1260. The molecule has 3 aliphatic rings. The number of halogens is 1. The highest BCUT2D eigenvalue weighted by molar-refractivity contribution is 5.88. The van der Waals surface area contributed by atoms with Crippen molar-refractivity contribution in [2.45, 2.75) is 51.0 Å². The summed E-state index contributed by atoms with van der Waals surface area (Å²) in [7, 11) is 1.81. The molecule has 2 heterocycles. The van der Waals surface area contributed by atoms with Gasteiger partial charge in [-0.15, -0.1) is 0 Å². The molecule has 0 radical (unpaired) electrons. The standard InChI is InChI=1S/C26H30FN7O/c1-3-34(13-15-6-7-20(15)28)25-23-19-8-16(27)9-21(29-2)18(19)10-22(23)32-26(33-25)35-17-11-30-24(31-12-17)14-4-5-14/h8-9,11-12,14-15,20,29H,3-7,10,13,28H2,1-2H3. The van der Waals surface area contributed by atoms with Crippen LogP contribution in [0.2, 0.25) is 0 Å². The lowest BCUT2D eigenvalue weighted by molar-refractivity contribution is 0.260. The fourth-order valence-electron chi connectivity index (χ4n) is 5.10. The number of anilines is 2. The Morgan fingerprint density at radius 3 is 2.57 bits per heavy atom. The molecule has 2 fully saturated rings. The van der Waals surface area contributed by atoms with Crippen LogP contribution >= 0.6 is 0 Å². The SMILES string of the molecule is CCN(CC1CCC1N)c1nc(Oc2cnc(C3CC3)nc2)nc2c1-c1cc(F)cc(NC)c1C2. The average molecular weight is 476 g/mol. The number of benzene rings is 1. The van der Waals surface area contributed by atoms with Crippen molar-refractivity contribution in [3.8, 4) is 22.9 Å². The Hall–Kier alpha value is -3.33. The van der Waals surface area contributed by atoms with Gasteiger partial charge in [0.25, 0.3) is 0 Å². The van der Waals surface area contributed by atoms with Crippen LogP contribution in [-0.2, 0) is 6.42 Å². The van der Waals surface area contributed by atoms with Crippen molar-refractivity contribution < 1.29 is 9.13 Å². The summed E-state index contributed by atoms with van der Waals surface area (Å²) in [6.45, 7) is 3.64. The Morgan fingerprint density at radius 2 is 1.94 bits per heavy atom. The number of hydrogen-bond donors (Lipinski definition) is 2. The minimum Gasteiger partial charge on any atom is -0.421 e. The van der Waals surface area contributed by atoms with E-state index in [-0.39, 0.29) is 17.9 Å². The number of rotatable bonds is 8. The lowest BCUT2D eigenvalue weighted by Crippen LogP contribution is -2.46. The van der Waals surface area contributed by atoms with Gasteiger partial charge in [-0.2, -0.15) is 9.97 Å². The average Bonchev–Trinajstić information content (AvgIpc) is 3.64. The van der Waals surface area contributed by atoms with E-state index >= 15 is 0 Å². The summed E-state index contributed by atoms with van der Waals surface area (Å²) in [5.74, 6) is 2.72. The molecule has 0 saturated heterocycles. The van der Waals surface area contributed by atoms with Gasteiger partial charge in [-0.1, -0.05) is 0 Å². The van der Waals surface area contributed by atoms with Gasteiger partial charge in [0.2, 0.25) is 0 Å². The van der Waals surface area contributed by atoms with E-state index in [1.807, 2.05) is 0 Å². The molecule has 2 atom stereocenters. The van der Waals surface area contributed by atoms with Gasteiger partial charge in [0.05, 0.1) is 18.1 Å². The number of aromatic nitrogens is 4. The summed E-state index contributed by atoms with van der Waals surface area (Å²) >= 11 is 0. The van der Waals surface area contributed by atoms with E-state index < -0.39 is 0 Å². The van der Waals surface area contributed by atoms with Gasteiger partial charge in [0.1, 0.15) is 17.5 Å². The number of ether oxygens (including phenoxy) is 1. The Balaban J connectivity index is 1.40. The maximum Gasteiger partial charge on any atom is 0.324 e. The van der Waals surface area contributed by atoms with Gasteiger partial charge in [-0.05, 0) is 61.8 Å². The van der Waals surface area contributed by atoms with Crippen molar-refractivity contribution in [1.29, 1.82) is 0 Å². The molecule has 3 aromatic rings. The molecule has 0 spiro atoms. The minimum atomic E-state index is -0.288. The molecule has 0 amide bonds. The lowest BCUT2D eigenvalue weighted by atomic mass is 9.80. The van der Waals surface area contributed by atoms with Crippen molar-refractivity contribution in [1.82, 2.24) is 19.9 Å². The van der Waals surface area contributed by atoms with Crippen LogP contribution in [0.25, 0.3) is 11.1 Å². The summed E-state index contributed by atoms with van der Waals surface area (Å²) in [6, 6.07) is 3.57. The monoisotopic (exact) mass is 475 g/mol. The van der Waals surface area contributed by atoms with Crippen LogP contribution in [0.3, 0.4) is 0 Å². The van der Waals surface area contributed by atoms with Crippen molar-refractivity contribution >= 4 is 11.5 Å². The molecule has 2 unspecified atom stereocenters. The first kappa shape index (κ1) is 22.2. The largest absolute Gasteiger partial charge is 0.421 e. The molecule has 8 nitrogen and oxygen atoms in total. The summed E-state index contributed by atoms with van der Waals surface area (Å²) in [5.41, 5.74) is 10.6. The molecule has 2 aromatic heterocycles. The molecule has 3 N–H and O–H groups in total. The van der Waals surface area contributed by atoms with E-state index in [1.165, 1.54) is 6.07 Å². The highest BCUT2D eigenvalue weighted by atomic mass is 19.1. The molecule has 6 rings (SSSR count). The van der Waals surface area contributed by atoms with Gasteiger partial charge >= 0.3 is 6.01 Å². The van der Waals surface area contributed by atoms with E-state index in [9.17, 15) is 4.39 Å². The fourth-order valence-corrected chi connectivity index (χ4v) is 5.10. The van der Waals surface area contributed by atoms with Gasteiger partial charge < -0.3 is 20.7 Å². The zero-order valence-corrected chi connectivity index (χ0v) is 20.1. The quantitative estimate of drug-likeness (QED) is 0.390. The lowest BCUT2D eigenvalue weighted by Gasteiger charge is -2.38. The Labute approximate surface area is 204 Å². The van der Waals surface area contributed by atoms with Crippen molar-refractivity contribution in [2.75, 3.05) is 30.4 Å². The molecule has 1 aromatic carbocycles. The summed E-state index contributed by atoms with van der Waals surface area (Å²) in [5, 5.41) is 3.13. The molecule has 35 heavy (non-hydrogen) atoms. The molecule has 0 bridgehead atoms. The third kappa shape index (κ3) is 4.07. The smallest absolute Gasteiger partial charge is 0.324 e. The third-order valence-corrected chi connectivity index (χ3v) is 7.45. The minimum absolute atomic E-state index is 0.206. The van der Waals surface area contributed by atoms with Crippen molar-refractivity contribution in [2.24, 2.45) is 11.7 Å². The van der Waals surface area contributed by atoms with Crippen molar-refractivity contribution in [3.63, 3.8) is 0 Å². The molecular weight excluding hydrogens is 445 g/mol. The van der Waals surface area contributed by atoms with Crippen LogP contribution in [-0.4, -0.2) is 46.1 Å². The van der Waals surface area contributed by atoms with Crippen molar-refractivity contribution in [3.05, 3.63) is 47.4 Å². The third-order valence-electron chi connectivity index (χ3n) is 7.45. The van der Waals surface area contributed by atoms with Crippen LogP contribution < -0.4 is 20.7 Å². The first-order valence-electron chi connectivity index (χ1n) is 12.5. The molecular formula is C26H30FN7O. The number of hydrogen-bond acceptors (Lipinski definition) is 8. The van der Waals surface area contributed by atoms with Gasteiger partial charge in [-0.25, -0.2) is 14.4 Å². The van der Waals surface area contributed by atoms with Crippen LogP contribution in [0.15, 0.2) is 24.5 Å². The molecule has 3 aliphatic carbocycles. The van der Waals surface area contributed by atoms with Crippen LogP contribution in [0.4, 0.5) is 15.9 Å². The Morgan fingerprint density at radius 1 is 1.14 bits per heavy atom. The maximum atomic E-state index is 14.6. The van der Waals surface area contributed by atoms with E-state index in [1.54, 1.807) is 25.5 Å². The summed E-state index contributed by atoms with van der Waals surface area (Å²) < 4.78 is 20.6. The predicted molar refractivity (Wildman–Crippen MR) is 132 cm³/mol. The zero-order chi connectivity index (χ0) is 24.1. The zero-order valence-electron chi connectivity index (χ0n) is 20.1. The second kappa shape index (κ2) is 8.71. The van der Waals surface area contributed by atoms with Crippen LogP contribution in [0, 0.1) is 11.7 Å².